The molecule has 208 valence electrons. The number of hydrogen-bond donors (Lipinski definition) is 0. The van der Waals surface area contributed by atoms with Gasteiger partial charge < -0.3 is 14.4 Å². The minimum atomic E-state index is -3.57. The maximum atomic E-state index is 14.8. The van der Waals surface area contributed by atoms with Crippen LogP contribution in [0.25, 0.3) is 0 Å². The molecule has 0 N–H and O–H groups in total. The van der Waals surface area contributed by atoms with E-state index in [2.05, 4.69) is 64.1 Å². The van der Waals surface area contributed by atoms with Gasteiger partial charge in [-0.05, 0) is 56.3 Å². The van der Waals surface area contributed by atoms with Crippen LogP contribution in [-0.2, 0) is 23.5 Å². The highest BCUT2D eigenvalue weighted by molar-refractivity contribution is 7.89. The van der Waals surface area contributed by atoms with Gasteiger partial charge in [0.25, 0.3) is 10.0 Å². The summed E-state index contributed by atoms with van der Waals surface area (Å²) < 4.78 is 43.8. The molecule has 3 aromatic rings. The molecular formula is C29H37FN6O2S. The Bertz CT molecular complexity index is 1430. The summed E-state index contributed by atoms with van der Waals surface area (Å²) in [6.45, 7) is 3.96. The van der Waals surface area contributed by atoms with Crippen molar-refractivity contribution < 1.29 is 12.8 Å². The van der Waals surface area contributed by atoms with Crippen LogP contribution in [0.2, 0.25) is 0 Å². The lowest BCUT2D eigenvalue weighted by molar-refractivity contribution is 0.213. The van der Waals surface area contributed by atoms with E-state index in [1.807, 2.05) is 6.07 Å². The van der Waals surface area contributed by atoms with Crippen molar-refractivity contribution >= 4 is 15.7 Å². The van der Waals surface area contributed by atoms with Crippen molar-refractivity contribution in [1.29, 1.82) is 0 Å². The number of nitrogens with zero attached hydrogens (tertiary/aromatic N) is 6. The van der Waals surface area contributed by atoms with Crippen LogP contribution in [0.3, 0.4) is 0 Å². The summed E-state index contributed by atoms with van der Waals surface area (Å²) in [7, 11) is 2.47. The number of imidazole rings is 1. The molecule has 0 radical (unpaired) electrons. The van der Waals surface area contributed by atoms with Crippen LogP contribution in [0.5, 0.6) is 0 Å². The first-order valence-electron chi connectivity index (χ1n) is 13.7. The average Bonchev–Trinajstić information content (AvgIpc) is 3.67. The van der Waals surface area contributed by atoms with Crippen LogP contribution in [0.4, 0.5) is 10.1 Å². The molecule has 8 nitrogen and oxygen atoms in total. The predicted octanol–water partition coefficient (Wildman–Crippen LogP) is 3.09. The van der Waals surface area contributed by atoms with Gasteiger partial charge in [-0.15, -0.1) is 0 Å². The third-order valence-electron chi connectivity index (χ3n) is 8.80. The fourth-order valence-corrected chi connectivity index (χ4v) is 8.06. The molecule has 0 amide bonds. The molecule has 6 rings (SSSR count). The van der Waals surface area contributed by atoms with Crippen LogP contribution in [0.15, 0.2) is 60.0 Å². The van der Waals surface area contributed by atoms with Crippen molar-refractivity contribution in [3.63, 3.8) is 0 Å². The molecule has 2 aromatic carbocycles. The zero-order valence-corrected chi connectivity index (χ0v) is 23.7. The molecule has 10 heteroatoms. The molecule has 0 saturated carbocycles. The number of aryl methyl sites for hydroxylation is 2. The Morgan fingerprint density at radius 3 is 2.41 bits per heavy atom. The Balaban J connectivity index is 1.13. The molecule has 1 unspecified atom stereocenters. The van der Waals surface area contributed by atoms with Gasteiger partial charge in [0.2, 0.25) is 0 Å². The first-order chi connectivity index (χ1) is 18.7. The van der Waals surface area contributed by atoms with Gasteiger partial charge in [0.05, 0.1) is 6.33 Å². The van der Waals surface area contributed by atoms with Crippen molar-refractivity contribution in [2.75, 3.05) is 58.3 Å². The fraction of sp³-hybridized carbons (Fsp3) is 0.483. The third kappa shape index (κ3) is 4.88. The summed E-state index contributed by atoms with van der Waals surface area (Å²) in [5, 5.41) is 0.104. The quantitative estimate of drug-likeness (QED) is 0.469. The molecule has 3 aliphatic rings. The largest absolute Gasteiger partial charge is 0.369 e. The SMILES string of the molecule is CN(C)[C@@H]1CN(C2CCc3cccc(F)c32)C[C@H]1c1ccc(N2CCN(S(=O)(=O)c3cn(C)cn3)CC2)cc1. The van der Waals surface area contributed by atoms with Crippen LogP contribution in [0, 0.1) is 5.82 Å². The molecule has 39 heavy (non-hydrogen) atoms. The van der Waals surface area contributed by atoms with Gasteiger partial charge >= 0.3 is 0 Å². The van der Waals surface area contributed by atoms with E-state index >= 15 is 0 Å². The van der Waals surface area contributed by atoms with E-state index in [4.69, 9.17) is 0 Å². The second kappa shape index (κ2) is 10.3. The lowest BCUT2D eigenvalue weighted by Crippen LogP contribution is -2.48. The lowest BCUT2D eigenvalue weighted by atomic mass is 9.93. The normalized spacial score (nSPS) is 24.5. The number of benzene rings is 2. The number of likely N-dealkylation sites (N-methyl/N-ethyl adjacent to an activating group) is 1. The standard InChI is InChI=1S/C29H37FN6O2S/c1-32(2)27-18-35(26-12-9-22-5-4-6-25(30)29(22)26)17-24(27)21-7-10-23(11-8-21)34-13-15-36(16-14-34)39(37,38)28-19-33(3)20-31-28/h4-8,10-11,19-20,24,26-27H,9,12-18H2,1-3H3/t24-,26?,27+/m0/s1. The predicted molar refractivity (Wildman–Crippen MR) is 150 cm³/mol. The highest BCUT2D eigenvalue weighted by Crippen LogP contribution is 2.42. The summed E-state index contributed by atoms with van der Waals surface area (Å²) >= 11 is 0. The van der Waals surface area contributed by atoms with Crippen LogP contribution >= 0.6 is 0 Å². The number of aromatic nitrogens is 2. The van der Waals surface area contributed by atoms with Gasteiger partial charge in [0.15, 0.2) is 5.03 Å². The van der Waals surface area contributed by atoms with Gasteiger partial charge in [0.1, 0.15) is 5.82 Å². The summed E-state index contributed by atoms with van der Waals surface area (Å²) in [5.74, 6) is 0.266. The van der Waals surface area contributed by atoms with E-state index in [9.17, 15) is 12.8 Å². The number of likely N-dealkylation sites (tertiary alicyclic amines) is 1. The number of piperazine rings is 1. The number of sulfonamides is 1. The minimum Gasteiger partial charge on any atom is -0.369 e. The van der Waals surface area contributed by atoms with E-state index in [1.165, 1.54) is 16.2 Å². The van der Waals surface area contributed by atoms with Crippen LogP contribution in [-0.4, -0.2) is 91.5 Å². The van der Waals surface area contributed by atoms with Gasteiger partial charge in [-0.3, -0.25) is 4.90 Å². The molecule has 2 saturated heterocycles. The topological polar surface area (TPSA) is 64.9 Å². The molecule has 2 fully saturated rings. The second-order valence-corrected chi connectivity index (χ2v) is 13.2. The first-order valence-corrected chi connectivity index (χ1v) is 15.2. The summed E-state index contributed by atoms with van der Waals surface area (Å²) in [4.78, 5) is 11.1. The maximum Gasteiger partial charge on any atom is 0.262 e. The number of hydrogen-bond acceptors (Lipinski definition) is 6. The number of anilines is 1. The third-order valence-corrected chi connectivity index (χ3v) is 10.6. The van der Waals surface area contributed by atoms with Gasteiger partial charge in [-0.2, -0.15) is 4.31 Å². The molecular weight excluding hydrogens is 515 g/mol. The Kier molecular flexibility index (Phi) is 6.99. The van der Waals surface area contributed by atoms with Crippen LogP contribution in [0.1, 0.15) is 35.1 Å². The molecule has 3 heterocycles. The Morgan fingerprint density at radius 1 is 1.00 bits per heavy atom. The molecule has 1 aliphatic carbocycles. The Labute approximate surface area is 230 Å². The van der Waals surface area contributed by atoms with Crippen molar-refractivity contribution in [3.8, 4) is 0 Å². The number of halogens is 1. The Hall–Kier alpha value is -2.79. The number of rotatable bonds is 6. The highest BCUT2D eigenvalue weighted by atomic mass is 32.2. The smallest absolute Gasteiger partial charge is 0.262 e. The molecule has 0 spiro atoms. The molecule has 2 aliphatic heterocycles. The fourth-order valence-electron chi connectivity index (χ4n) is 6.67. The molecule has 1 aromatic heterocycles. The van der Waals surface area contributed by atoms with Crippen LogP contribution < -0.4 is 4.90 Å². The van der Waals surface area contributed by atoms with Crippen molar-refractivity contribution in [3.05, 3.63) is 77.5 Å². The summed E-state index contributed by atoms with van der Waals surface area (Å²) in [6, 6.07) is 14.8. The highest BCUT2D eigenvalue weighted by Gasteiger charge is 2.41. The maximum absolute atomic E-state index is 14.8. The zero-order valence-electron chi connectivity index (χ0n) is 22.9. The zero-order chi connectivity index (χ0) is 27.3. The monoisotopic (exact) mass is 552 g/mol. The van der Waals surface area contributed by atoms with E-state index in [-0.39, 0.29) is 16.9 Å². The summed E-state index contributed by atoms with van der Waals surface area (Å²) in [6.07, 6.45) is 4.98. The molecule has 0 bridgehead atoms. The van der Waals surface area contributed by atoms with Crippen molar-refractivity contribution in [2.45, 2.75) is 35.9 Å². The first kappa shape index (κ1) is 26.4. The van der Waals surface area contributed by atoms with Gasteiger partial charge in [0, 0.05) is 81.8 Å². The van der Waals surface area contributed by atoms with E-state index in [0.29, 0.717) is 38.1 Å². The van der Waals surface area contributed by atoms with E-state index in [1.54, 1.807) is 23.9 Å². The van der Waals surface area contributed by atoms with Gasteiger partial charge in [-0.1, -0.05) is 24.3 Å². The average molecular weight is 553 g/mol. The lowest BCUT2D eigenvalue weighted by Gasteiger charge is -2.35. The summed E-state index contributed by atoms with van der Waals surface area (Å²) in [5.41, 5.74) is 4.46. The second-order valence-electron chi connectivity index (χ2n) is 11.3. The molecule has 3 atom stereocenters. The van der Waals surface area contributed by atoms with Crippen molar-refractivity contribution in [1.82, 2.24) is 23.7 Å². The minimum absolute atomic E-state index is 0.0721. The number of fused-ring (bicyclic) bond motifs is 1. The Morgan fingerprint density at radius 2 is 1.74 bits per heavy atom. The van der Waals surface area contributed by atoms with Crippen molar-refractivity contribution in [2.24, 2.45) is 7.05 Å². The van der Waals surface area contributed by atoms with E-state index in [0.717, 1.165) is 42.7 Å². The van der Waals surface area contributed by atoms with E-state index < -0.39 is 10.0 Å². The van der Waals surface area contributed by atoms with Gasteiger partial charge in [-0.25, -0.2) is 17.8 Å².